The molecule has 5 aliphatic heterocycles. The lowest BCUT2D eigenvalue weighted by atomic mass is 9.63. The number of phenolic OH excluding ortho intramolecular Hbond substituents is 1. The molecule has 12 rings (SSSR count). The Bertz CT molecular complexity index is 2840. The maximum atomic E-state index is 14.3. The van der Waals surface area contributed by atoms with Gasteiger partial charge in [-0.1, -0.05) is 57.2 Å². The third-order valence-corrected chi connectivity index (χ3v) is 18.4. The molecule has 0 spiro atoms. The number of amides is 4. The van der Waals surface area contributed by atoms with Gasteiger partial charge in [0.25, 0.3) is 0 Å². The van der Waals surface area contributed by atoms with Gasteiger partial charge in [-0.15, -0.1) is 21.5 Å². The number of piperidine rings is 2. The number of likely N-dealkylation sites (tertiary alicyclic amines) is 3. The third kappa shape index (κ3) is 9.92. The molecule has 3 aromatic heterocycles. The summed E-state index contributed by atoms with van der Waals surface area (Å²) in [6, 6.07) is 15.5. The number of nitrogens with one attached hydrogen (secondary N) is 2. The van der Waals surface area contributed by atoms with Crippen LogP contribution in [0.15, 0.2) is 72.5 Å². The number of hydrogen-bond donors (Lipinski definition) is 5. The highest BCUT2D eigenvalue weighted by molar-refractivity contribution is 7.13. The molecule has 6 N–H and O–H groups in total. The Morgan fingerprint density at radius 2 is 1.61 bits per heavy atom. The summed E-state index contributed by atoms with van der Waals surface area (Å²) < 4.78 is 0. The number of nitrogens with two attached hydrogens (primary N) is 1. The van der Waals surface area contributed by atoms with E-state index in [0.717, 1.165) is 91.5 Å². The van der Waals surface area contributed by atoms with Gasteiger partial charge in [0.1, 0.15) is 23.7 Å². The van der Waals surface area contributed by atoms with Gasteiger partial charge in [0.2, 0.25) is 11.8 Å². The van der Waals surface area contributed by atoms with Gasteiger partial charge in [-0.05, 0) is 128 Å². The van der Waals surface area contributed by atoms with Crippen molar-refractivity contribution in [2.24, 2.45) is 29.1 Å². The van der Waals surface area contributed by atoms with Crippen LogP contribution in [0.3, 0.4) is 0 Å². The van der Waals surface area contributed by atoms with Gasteiger partial charge in [0.05, 0.1) is 33.6 Å². The molecular formula is C56H70N12O5S. The zero-order chi connectivity index (χ0) is 51.4. The molecule has 4 amide bonds. The summed E-state index contributed by atoms with van der Waals surface area (Å²) in [6.45, 7) is 13.0. The summed E-state index contributed by atoms with van der Waals surface area (Å²) in [5.74, 6) is 3.94. The number of fused-ring (bicyclic) bond motifs is 2. The Morgan fingerprint density at radius 1 is 0.878 bits per heavy atom. The number of benzene rings is 2. The Balaban J connectivity index is 0.641. The largest absolute Gasteiger partial charge is 0.507 e. The van der Waals surface area contributed by atoms with Crippen LogP contribution in [0.2, 0.25) is 0 Å². The molecule has 390 valence electrons. The molecule has 4 bridgehead atoms. The number of aliphatic hydroxyl groups is 1. The molecule has 74 heavy (non-hydrogen) atoms. The highest BCUT2D eigenvalue weighted by atomic mass is 32.1. The van der Waals surface area contributed by atoms with Crippen molar-refractivity contribution in [1.29, 1.82) is 0 Å². The molecule has 8 atom stereocenters. The highest BCUT2D eigenvalue weighted by Crippen LogP contribution is 2.62. The number of nitrogen functional groups attached to an aromatic ring is 1. The number of aromatic hydroxyl groups is 1. The normalized spacial score (nSPS) is 25.9. The van der Waals surface area contributed by atoms with Crippen molar-refractivity contribution >= 4 is 40.7 Å². The first-order chi connectivity index (χ1) is 35.7. The van der Waals surface area contributed by atoms with Crippen molar-refractivity contribution in [3.05, 3.63) is 95.1 Å². The number of thiazole rings is 1. The molecule has 5 saturated heterocycles. The molecule has 8 heterocycles. The zero-order valence-electron chi connectivity index (χ0n) is 42.9. The van der Waals surface area contributed by atoms with Crippen LogP contribution in [0.25, 0.3) is 21.7 Å². The summed E-state index contributed by atoms with van der Waals surface area (Å²) in [4.78, 5) is 65.7. The van der Waals surface area contributed by atoms with E-state index in [1.54, 1.807) is 23.5 Å². The van der Waals surface area contributed by atoms with E-state index in [1.807, 2.05) is 80.6 Å². The predicted octanol–water partition coefficient (Wildman–Crippen LogP) is 6.58. The van der Waals surface area contributed by atoms with Crippen molar-refractivity contribution < 1.29 is 24.6 Å². The molecule has 2 saturated carbocycles. The summed E-state index contributed by atoms with van der Waals surface area (Å²) in [5.41, 5.74) is 14.0. The number of β-amino-alcohol motifs (C(OH)–C–C–N with tert-alkyl or cyclic N) is 1. The molecule has 7 aliphatic rings. The molecule has 5 aromatic rings. The van der Waals surface area contributed by atoms with Gasteiger partial charge in [-0.25, -0.2) is 19.7 Å². The molecule has 2 aliphatic carbocycles. The van der Waals surface area contributed by atoms with Crippen molar-refractivity contribution in [3.8, 4) is 27.4 Å². The first-order valence-corrected chi connectivity index (χ1v) is 27.6. The van der Waals surface area contributed by atoms with Gasteiger partial charge in [0, 0.05) is 75.6 Å². The highest BCUT2D eigenvalue weighted by Gasteiger charge is 2.58. The SMILES string of the molecule is Cc1ncsc1-c1ccc(CNC(=O)[C@@H]2C[C@@H](O)CN2C(=O)[C@@H](NC(=O)N2CCC(N3CCC(c4cnc(C5CC6CN(c7cc(-c8ccccc8O)nnc7N)CC7CC6C75)nc4)CC3)CC2)C(C)(C)C)cc1. The lowest BCUT2D eigenvalue weighted by molar-refractivity contribution is -0.142. The minimum absolute atomic E-state index is 0.0276. The van der Waals surface area contributed by atoms with Crippen LogP contribution in [-0.4, -0.2) is 138 Å². The average Bonchev–Trinajstić information content (AvgIpc) is 4.03. The summed E-state index contributed by atoms with van der Waals surface area (Å²) in [7, 11) is 0. The van der Waals surface area contributed by atoms with Gasteiger partial charge in [-0.3, -0.25) is 9.59 Å². The zero-order valence-corrected chi connectivity index (χ0v) is 43.8. The first-order valence-electron chi connectivity index (χ1n) is 26.7. The molecule has 17 nitrogen and oxygen atoms in total. The minimum atomic E-state index is -0.892. The number of aryl methyl sites for hydroxylation is 1. The number of para-hydroxylation sites is 1. The van der Waals surface area contributed by atoms with E-state index in [9.17, 15) is 24.6 Å². The summed E-state index contributed by atoms with van der Waals surface area (Å²) >= 11 is 1.59. The smallest absolute Gasteiger partial charge is 0.318 e. The molecular weight excluding hydrogens is 953 g/mol. The second-order valence-electron chi connectivity index (χ2n) is 23.0. The standard InChI is InChI=1S/C56H70N12O5S/c1-32-49(74-31-61-32)35-11-9-33(10-12-35)25-60-53(71)46-23-40(69)30-68(46)54(72)50(56(2,3)4)62-55(73)66-19-15-39(16-20-66)65-17-13-34(14-18-65)38-26-58-52(59-27-38)43-21-36-28-67(29-37-22-42(36)48(37)43)45-24-44(63-64-51(45)57)41-7-5-6-8-47(41)70/h5-12,24,26-27,31,34,36-37,39-40,42-43,46,48,50,69-70H,13-23,25,28-30H2,1-4H3,(H2,57,64)(H,60,71)(H,62,73)/t36?,37?,40-,42?,43?,46+,48?,50-/m1/s1. The fourth-order valence-electron chi connectivity index (χ4n) is 13.4. The van der Waals surface area contributed by atoms with Crippen molar-refractivity contribution in [1.82, 2.24) is 50.5 Å². The van der Waals surface area contributed by atoms with Crippen molar-refractivity contribution in [2.75, 3.05) is 56.4 Å². The molecule has 0 radical (unpaired) electrons. The number of carbonyl (C=O) groups is 3. The van der Waals surface area contributed by atoms with E-state index < -0.39 is 23.6 Å². The Kier molecular flexibility index (Phi) is 13.8. The van der Waals surface area contributed by atoms with Crippen LogP contribution in [0, 0.1) is 36.0 Å². The van der Waals surface area contributed by atoms with E-state index in [4.69, 9.17) is 15.7 Å². The molecule has 2 aromatic carbocycles. The maximum absolute atomic E-state index is 14.3. The van der Waals surface area contributed by atoms with Gasteiger partial charge >= 0.3 is 6.03 Å². The summed E-state index contributed by atoms with van der Waals surface area (Å²) in [5, 5.41) is 35.9. The lowest BCUT2D eigenvalue weighted by Gasteiger charge is -2.43. The lowest BCUT2D eigenvalue weighted by Crippen LogP contribution is -2.60. The Labute approximate surface area is 437 Å². The molecule has 18 heteroatoms. The van der Waals surface area contributed by atoms with Crippen molar-refractivity contribution in [2.45, 2.75) is 115 Å². The van der Waals surface area contributed by atoms with Crippen LogP contribution < -0.4 is 21.3 Å². The molecule has 5 unspecified atom stereocenters. The number of carbonyl (C=O) groups excluding carboxylic acids is 3. The number of nitrogens with zero attached hydrogens (tertiary/aromatic N) is 9. The number of rotatable bonds is 11. The van der Waals surface area contributed by atoms with Gasteiger partial charge in [-0.2, -0.15) is 0 Å². The fourth-order valence-corrected chi connectivity index (χ4v) is 14.2. The minimum Gasteiger partial charge on any atom is -0.507 e. The van der Waals surface area contributed by atoms with E-state index in [1.165, 1.54) is 16.9 Å². The van der Waals surface area contributed by atoms with E-state index in [-0.39, 0.29) is 43.1 Å². The van der Waals surface area contributed by atoms with Gasteiger partial charge < -0.3 is 46.2 Å². The topological polar surface area (TPSA) is 219 Å². The molecule has 7 fully saturated rings. The van der Waals surface area contributed by atoms with E-state index in [0.29, 0.717) is 71.7 Å². The summed E-state index contributed by atoms with van der Waals surface area (Å²) in [6.07, 6.45) is 9.56. The maximum Gasteiger partial charge on any atom is 0.318 e. The van der Waals surface area contributed by atoms with Gasteiger partial charge in [0.15, 0.2) is 5.82 Å². The van der Waals surface area contributed by atoms with Crippen molar-refractivity contribution in [3.63, 3.8) is 0 Å². The van der Waals surface area contributed by atoms with Crippen LogP contribution in [0.1, 0.15) is 100 Å². The second-order valence-corrected chi connectivity index (χ2v) is 23.8. The number of urea groups is 1. The predicted molar refractivity (Wildman–Crippen MR) is 284 cm³/mol. The fraction of sp³-hybridized carbons (Fsp3) is 0.536. The number of aliphatic hydroxyl groups excluding tert-OH is 1. The Hall–Kier alpha value is -6.24. The number of phenols is 1. The van der Waals surface area contributed by atoms with E-state index >= 15 is 0 Å². The van der Waals surface area contributed by atoms with Crippen LogP contribution in [0.5, 0.6) is 5.75 Å². The van der Waals surface area contributed by atoms with Crippen LogP contribution >= 0.6 is 11.3 Å². The second kappa shape index (κ2) is 20.5. The monoisotopic (exact) mass is 1020 g/mol. The van der Waals surface area contributed by atoms with Crippen LogP contribution in [-0.2, 0) is 16.1 Å². The number of hydrogen-bond acceptors (Lipinski definition) is 14. The van der Waals surface area contributed by atoms with Crippen LogP contribution in [0.4, 0.5) is 16.3 Å². The number of aromatic nitrogens is 5. The average molecular weight is 1020 g/mol. The van der Waals surface area contributed by atoms with E-state index in [2.05, 4.69) is 48.0 Å². The quantitative estimate of drug-likeness (QED) is 0.0946. The third-order valence-electron chi connectivity index (χ3n) is 17.4. The first kappa shape index (κ1) is 49.9. The Morgan fingerprint density at radius 3 is 2.31 bits per heavy atom. The number of anilines is 2.